The first-order valence-corrected chi connectivity index (χ1v) is 9.69. The van der Waals surface area contributed by atoms with E-state index in [1.54, 1.807) is 0 Å². The van der Waals surface area contributed by atoms with E-state index in [9.17, 15) is 9.59 Å². The van der Waals surface area contributed by atoms with Crippen LogP contribution in [0.2, 0.25) is 0 Å². The fourth-order valence-corrected chi connectivity index (χ4v) is 7.35. The summed E-state index contributed by atoms with van der Waals surface area (Å²) in [5.74, 6) is -3.13. The zero-order chi connectivity index (χ0) is 17.3. The van der Waals surface area contributed by atoms with Gasteiger partial charge < -0.3 is 18.9 Å². The van der Waals surface area contributed by atoms with Crippen LogP contribution in [0.3, 0.4) is 0 Å². The molecule has 0 aromatic carbocycles. The van der Waals surface area contributed by atoms with Crippen molar-refractivity contribution in [3.05, 3.63) is 24.3 Å². The van der Waals surface area contributed by atoms with Crippen LogP contribution in [-0.2, 0) is 28.5 Å². The standard InChI is InChI=1S/C20H20O6/c21-17-13-9-1-2-10(19(9)23-5-6-24-19)14(13)18(22)16-12-4-3-11(15(16)17)20(12)25-7-8-26-20/h1-4,9-16H,5-8H2/t9-,10+,11+,12-,13+,14-,15-,16+. The molecule has 7 rings (SSSR count). The molecule has 2 aliphatic heterocycles. The molecule has 2 spiro atoms. The molecule has 6 nitrogen and oxygen atoms in total. The van der Waals surface area contributed by atoms with Gasteiger partial charge in [0, 0.05) is 47.3 Å². The number of carbonyl (C=O) groups excluding carboxylic acids is 2. The zero-order valence-electron chi connectivity index (χ0n) is 14.2. The molecule has 5 fully saturated rings. The van der Waals surface area contributed by atoms with E-state index in [1.165, 1.54) is 0 Å². The van der Waals surface area contributed by atoms with Crippen molar-refractivity contribution in [1.82, 2.24) is 0 Å². The Bertz CT molecular complexity index is 672. The van der Waals surface area contributed by atoms with Gasteiger partial charge in [-0.25, -0.2) is 0 Å². The second-order valence-electron chi connectivity index (χ2n) is 8.62. The van der Waals surface area contributed by atoms with Crippen molar-refractivity contribution in [3.63, 3.8) is 0 Å². The van der Waals surface area contributed by atoms with Crippen LogP contribution in [0, 0.1) is 47.3 Å². The molecule has 7 aliphatic rings. The average Bonchev–Trinajstić information content (AvgIpc) is 3.49. The lowest BCUT2D eigenvalue weighted by Crippen LogP contribution is -2.50. The summed E-state index contributed by atoms with van der Waals surface area (Å²) in [5, 5.41) is 0. The highest BCUT2D eigenvalue weighted by atomic mass is 16.7. The van der Waals surface area contributed by atoms with Gasteiger partial charge in [-0.1, -0.05) is 24.3 Å². The number of carbonyl (C=O) groups is 2. The Morgan fingerprint density at radius 1 is 0.577 bits per heavy atom. The van der Waals surface area contributed by atoms with Crippen LogP contribution < -0.4 is 0 Å². The van der Waals surface area contributed by atoms with Gasteiger partial charge in [-0.15, -0.1) is 0 Å². The van der Waals surface area contributed by atoms with E-state index in [1.807, 2.05) is 24.3 Å². The molecule has 0 aromatic heterocycles. The molecule has 2 saturated heterocycles. The number of fused-ring (bicyclic) bond motifs is 6. The van der Waals surface area contributed by atoms with Crippen molar-refractivity contribution in [1.29, 1.82) is 0 Å². The Balaban J connectivity index is 1.35. The maximum Gasteiger partial charge on any atom is 0.182 e. The first kappa shape index (κ1) is 14.7. The number of ketones is 2. The Morgan fingerprint density at radius 3 is 1.12 bits per heavy atom. The molecule has 5 aliphatic carbocycles. The molecule has 0 unspecified atom stereocenters. The summed E-state index contributed by atoms with van der Waals surface area (Å²) in [4.78, 5) is 27.3. The minimum absolute atomic E-state index is 0.151. The highest BCUT2D eigenvalue weighted by molar-refractivity contribution is 6.03. The van der Waals surface area contributed by atoms with Crippen LogP contribution in [0.25, 0.3) is 0 Å². The molecule has 3 saturated carbocycles. The third kappa shape index (κ3) is 1.29. The lowest BCUT2D eigenvalue weighted by atomic mass is 9.60. The average molecular weight is 356 g/mol. The Hall–Kier alpha value is -1.34. The second kappa shape index (κ2) is 4.38. The Labute approximate surface area is 150 Å². The third-order valence-corrected chi connectivity index (χ3v) is 8.02. The number of rotatable bonds is 0. The predicted molar refractivity (Wildman–Crippen MR) is 85.5 cm³/mol. The van der Waals surface area contributed by atoms with Crippen LogP contribution in [0.1, 0.15) is 0 Å². The Morgan fingerprint density at radius 2 is 0.846 bits per heavy atom. The van der Waals surface area contributed by atoms with Crippen molar-refractivity contribution in [2.75, 3.05) is 26.4 Å². The first-order chi connectivity index (χ1) is 12.7. The molecule has 4 bridgehead atoms. The summed E-state index contributed by atoms with van der Waals surface area (Å²) in [6.45, 7) is 2.11. The molecule has 136 valence electrons. The zero-order valence-corrected chi connectivity index (χ0v) is 14.2. The maximum atomic E-state index is 13.7. The van der Waals surface area contributed by atoms with Crippen molar-refractivity contribution in [2.45, 2.75) is 11.6 Å². The molecule has 0 radical (unpaired) electrons. The van der Waals surface area contributed by atoms with Gasteiger partial charge in [0.15, 0.2) is 11.6 Å². The Kier molecular flexibility index (Phi) is 2.47. The maximum absolute atomic E-state index is 13.7. The van der Waals surface area contributed by atoms with Crippen LogP contribution >= 0.6 is 0 Å². The van der Waals surface area contributed by atoms with Gasteiger partial charge in [-0.05, 0) is 0 Å². The van der Waals surface area contributed by atoms with Crippen LogP contribution in [0.15, 0.2) is 24.3 Å². The van der Waals surface area contributed by atoms with E-state index < -0.39 is 11.6 Å². The van der Waals surface area contributed by atoms with E-state index in [4.69, 9.17) is 18.9 Å². The molecular formula is C20H20O6. The summed E-state index contributed by atoms with van der Waals surface area (Å²) in [7, 11) is 0. The number of hydrogen-bond donors (Lipinski definition) is 0. The molecule has 0 N–H and O–H groups in total. The smallest absolute Gasteiger partial charge is 0.182 e. The van der Waals surface area contributed by atoms with Crippen molar-refractivity contribution in [2.24, 2.45) is 47.3 Å². The fraction of sp³-hybridized carbons (Fsp3) is 0.700. The predicted octanol–water partition coefficient (Wildman–Crippen LogP) is 0.721. The minimum atomic E-state index is -0.788. The second-order valence-corrected chi connectivity index (χ2v) is 8.62. The normalized spacial score (nSPS) is 53.4. The van der Waals surface area contributed by atoms with Crippen molar-refractivity contribution >= 4 is 11.6 Å². The summed E-state index contributed by atoms with van der Waals surface area (Å²) in [6.07, 6.45) is 8.18. The highest BCUT2D eigenvalue weighted by Crippen LogP contribution is 2.67. The molecule has 2 heterocycles. The van der Waals surface area contributed by atoms with Crippen LogP contribution in [-0.4, -0.2) is 49.6 Å². The molecule has 26 heavy (non-hydrogen) atoms. The lowest BCUT2D eigenvalue weighted by Gasteiger charge is -2.39. The summed E-state index contributed by atoms with van der Waals surface area (Å²) < 4.78 is 24.0. The van der Waals surface area contributed by atoms with Crippen molar-refractivity contribution in [3.8, 4) is 0 Å². The highest BCUT2D eigenvalue weighted by Gasteiger charge is 2.77. The van der Waals surface area contributed by atoms with Gasteiger partial charge >= 0.3 is 0 Å². The van der Waals surface area contributed by atoms with Gasteiger partial charge in [0.05, 0.1) is 26.4 Å². The van der Waals surface area contributed by atoms with Crippen molar-refractivity contribution < 1.29 is 28.5 Å². The quantitative estimate of drug-likeness (QED) is 0.596. The van der Waals surface area contributed by atoms with Gasteiger partial charge in [0.25, 0.3) is 0 Å². The minimum Gasteiger partial charge on any atom is -0.346 e. The van der Waals surface area contributed by atoms with Gasteiger partial charge in [-0.3, -0.25) is 9.59 Å². The van der Waals surface area contributed by atoms with Gasteiger partial charge in [0.2, 0.25) is 0 Å². The fourth-order valence-electron chi connectivity index (χ4n) is 7.35. The number of hydrogen-bond acceptors (Lipinski definition) is 6. The number of Topliss-reactive ketones (excluding diaryl/α,β-unsaturated/α-hetero) is 2. The van der Waals surface area contributed by atoms with Gasteiger partial charge in [-0.2, -0.15) is 0 Å². The van der Waals surface area contributed by atoms with E-state index >= 15 is 0 Å². The molecule has 6 heteroatoms. The van der Waals surface area contributed by atoms with E-state index in [0.29, 0.717) is 26.4 Å². The lowest BCUT2D eigenvalue weighted by molar-refractivity contribution is -0.193. The summed E-state index contributed by atoms with van der Waals surface area (Å²) >= 11 is 0. The SMILES string of the molecule is O=C1[C@@H]2[C@H](C(=O)[C@@H]3[C@H]1[C@@H]1C=C[C@H]3C13OCCO3)[C@@H]1C=C[C@H]2C12OCCO2. The monoisotopic (exact) mass is 356 g/mol. The van der Waals surface area contributed by atoms with Crippen LogP contribution in [0.4, 0.5) is 0 Å². The van der Waals surface area contributed by atoms with E-state index in [-0.39, 0.29) is 58.9 Å². The summed E-state index contributed by atoms with van der Waals surface area (Å²) in [5.41, 5.74) is 0. The first-order valence-electron chi connectivity index (χ1n) is 9.69. The van der Waals surface area contributed by atoms with Gasteiger partial charge in [0.1, 0.15) is 11.6 Å². The summed E-state index contributed by atoms with van der Waals surface area (Å²) in [6, 6.07) is 0. The third-order valence-electron chi connectivity index (χ3n) is 8.02. The molecule has 8 atom stereocenters. The number of ether oxygens (including phenoxy) is 4. The van der Waals surface area contributed by atoms with E-state index in [2.05, 4.69) is 0 Å². The van der Waals surface area contributed by atoms with Crippen LogP contribution in [0.5, 0.6) is 0 Å². The molecular weight excluding hydrogens is 336 g/mol. The molecule has 0 amide bonds. The largest absolute Gasteiger partial charge is 0.346 e. The van der Waals surface area contributed by atoms with E-state index in [0.717, 1.165) is 0 Å². The topological polar surface area (TPSA) is 71.1 Å². The molecule has 0 aromatic rings.